The van der Waals surface area contributed by atoms with Crippen molar-refractivity contribution in [2.45, 2.75) is 44.2 Å². The highest BCUT2D eigenvalue weighted by Crippen LogP contribution is 2.36. The Hall–Kier alpha value is -3.09. The van der Waals surface area contributed by atoms with Crippen molar-refractivity contribution in [2.75, 3.05) is 67.6 Å². The summed E-state index contributed by atoms with van der Waals surface area (Å²) in [4.78, 5) is 27.7. The molecular weight excluding hydrogens is 564 g/mol. The molecule has 3 aliphatic heterocycles. The number of rotatable bonds is 7. The van der Waals surface area contributed by atoms with E-state index in [0.717, 1.165) is 87.5 Å². The van der Waals surface area contributed by atoms with Crippen LogP contribution in [-0.2, 0) is 10.0 Å². The summed E-state index contributed by atoms with van der Waals surface area (Å²) < 4.78 is 28.5. The van der Waals surface area contributed by atoms with Crippen LogP contribution in [0.2, 0.25) is 5.02 Å². The second kappa shape index (κ2) is 11.0. The predicted molar refractivity (Wildman–Crippen MR) is 162 cm³/mol. The van der Waals surface area contributed by atoms with Crippen LogP contribution in [0.5, 0.6) is 0 Å². The normalized spacial score (nSPS) is 21.5. The summed E-state index contributed by atoms with van der Waals surface area (Å²) in [5.41, 5.74) is 2.00. The number of sulfonamides is 1. The molecule has 0 saturated carbocycles. The quantitative estimate of drug-likeness (QED) is 0.439. The first-order valence-electron chi connectivity index (χ1n) is 14.2. The Labute approximate surface area is 246 Å². The number of benzene rings is 1. The van der Waals surface area contributed by atoms with E-state index in [4.69, 9.17) is 21.7 Å². The summed E-state index contributed by atoms with van der Waals surface area (Å²) in [7, 11) is 0.658. The minimum absolute atomic E-state index is 0.217. The number of piperidine rings is 1. The van der Waals surface area contributed by atoms with Crippen molar-refractivity contribution in [1.82, 2.24) is 24.4 Å². The third-order valence-corrected chi connectivity index (χ3v) is 9.25. The lowest BCUT2D eigenvalue weighted by atomic mass is 9.98. The highest BCUT2D eigenvalue weighted by molar-refractivity contribution is 7.92. The minimum atomic E-state index is -3.59. The van der Waals surface area contributed by atoms with Crippen molar-refractivity contribution in [2.24, 2.45) is 0 Å². The summed E-state index contributed by atoms with van der Waals surface area (Å²) in [5.74, 6) is 1.71. The number of likely N-dealkylation sites (N-methyl/N-ethyl adjacent to an activating group) is 1. The van der Waals surface area contributed by atoms with Gasteiger partial charge in [-0.3, -0.25) is 9.52 Å². The molecule has 5 heterocycles. The van der Waals surface area contributed by atoms with Crippen LogP contribution in [0.3, 0.4) is 0 Å². The van der Waals surface area contributed by atoms with E-state index in [1.165, 1.54) is 12.1 Å². The largest absolute Gasteiger partial charge is 0.356 e. The van der Waals surface area contributed by atoms with Crippen LogP contribution in [-0.4, -0.2) is 97.8 Å². The molecule has 2 atom stereocenters. The summed E-state index contributed by atoms with van der Waals surface area (Å²) in [6, 6.07) is 9.00. The number of halogens is 1. The maximum absolute atomic E-state index is 14.0. The number of nitrogens with zero attached hydrogens (tertiary/aromatic N) is 7. The number of carbonyl (C=O) groups is 1. The Kier molecular flexibility index (Phi) is 7.50. The van der Waals surface area contributed by atoms with Gasteiger partial charge in [0.15, 0.2) is 5.65 Å². The first kappa shape index (κ1) is 28.0. The van der Waals surface area contributed by atoms with Gasteiger partial charge in [0.2, 0.25) is 10.0 Å². The molecule has 0 unspecified atom stereocenters. The molecule has 0 bridgehead atoms. The van der Waals surface area contributed by atoms with Gasteiger partial charge in [0.25, 0.3) is 5.91 Å². The molecule has 1 aromatic carbocycles. The van der Waals surface area contributed by atoms with Gasteiger partial charge in [0.1, 0.15) is 11.6 Å². The van der Waals surface area contributed by atoms with Crippen molar-refractivity contribution in [1.29, 1.82) is 0 Å². The highest BCUT2D eigenvalue weighted by Gasteiger charge is 2.34. The second-order valence-electron chi connectivity index (χ2n) is 11.6. The molecule has 3 aromatic rings. The van der Waals surface area contributed by atoms with E-state index in [0.29, 0.717) is 17.6 Å². The number of carbonyl (C=O) groups excluding carboxylic acids is 1. The van der Waals surface area contributed by atoms with Crippen LogP contribution in [0, 0.1) is 0 Å². The molecule has 2 aromatic heterocycles. The molecule has 1 amide bonds. The smallest absolute Gasteiger partial charge is 0.256 e. The number of anilines is 3. The van der Waals surface area contributed by atoms with E-state index in [-0.39, 0.29) is 23.2 Å². The maximum Gasteiger partial charge on any atom is 0.256 e. The lowest BCUT2D eigenvalue weighted by Crippen LogP contribution is -2.39. The van der Waals surface area contributed by atoms with E-state index < -0.39 is 10.0 Å². The summed E-state index contributed by atoms with van der Waals surface area (Å²) >= 11 is 6.26. The van der Waals surface area contributed by atoms with Crippen molar-refractivity contribution >= 4 is 50.5 Å². The standard InChI is InChI=1S/C28H37ClN8O3S/c1-33(2)20-10-14-35(18-20)27-17-25(34-11-6-12-34)30-26-16-23(31-37(26)27)24-7-4-5-13-36(24)28(38)21-15-19(29)8-9-22(21)32-41(3,39)40/h8-9,15-17,20,24,32H,4-7,10-14,18H2,1-3H3/t20-,24+/m1/s1. The third kappa shape index (κ3) is 5.69. The van der Waals surface area contributed by atoms with Gasteiger partial charge in [-0.05, 0) is 64.4 Å². The monoisotopic (exact) mass is 600 g/mol. The van der Waals surface area contributed by atoms with Crippen molar-refractivity contribution in [3.05, 3.63) is 46.6 Å². The SMILES string of the molecule is CN(C)[C@@H]1CCN(c2cc(N3CCC3)nc3cc([C@@H]4CCCCN4C(=O)c4cc(Cl)ccc4NS(C)(=O)=O)nn23)C1. The molecule has 0 radical (unpaired) electrons. The van der Waals surface area contributed by atoms with E-state index in [1.54, 1.807) is 11.0 Å². The average Bonchev–Trinajstić information content (AvgIpc) is 3.55. The molecule has 1 N–H and O–H groups in total. The van der Waals surface area contributed by atoms with E-state index in [2.05, 4.69) is 39.6 Å². The highest BCUT2D eigenvalue weighted by atomic mass is 35.5. The van der Waals surface area contributed by atoms with Crippen LogP contribution in [0.1, 0.15) is 54.2 Å². The second-order valence-corrected chi connectivity index (χ2v) is 13.8. The zero-order chi connectivity index (χ0) is 28.9. The third-order valence-electron chi connectivity index (χ3n) is 8.42. The fourth-order valence-electron chi connectivity index (χ4n) is 6.05. The minimum Gasteiger partial charge on any atom is -0.356 e. The first-order valence-corrected chi connectivity index (χ1v) is 16.5. The Morgan fingerprint density at radius 1 is 1.02 bits per heavy atom. The molecule has 3 fully saturated rings. The zero-order valence-electron chi connectivity index (χ0n) is 23.8. The van der Waals surface area contributed by atoms with Crippen LogP contribution in [0.4, 0.5) is 17.3 Å². The van der Waals surface area contributed by atoms with Gasteiger partial charge in [-0.25, -0.2) is 13.4 Å². The van der Waals surface area contributed by atoms with Gasteiger partial charge in [0, 0.05) is 55.9 Å². The summed E-state index contributed by atoms with van der Waals surface area (Å²) in [5, 5.41) is 5.43. The molecule has 13 heteroatoms. The molecular formula is C28H37ClN8O3S. The number of amides is 1. The zero-order valence-corrected chi connectivity index (χ0v) is 25.3. The number of fused-ring (bicyclic) bond motifs is 1. The Morgan fingerprint density at radius 2 is 1.83 bits per heavy atom. The molecule has 0 spiro atoms. The summed E-state index contributed by atoms with van der Waals surface area (Å²) in [6.45, 7) is 4.39. The van der Waals surface area contributed by atoms with Gasteiger partial charge < -0.3 is 19.6 Å². The molecule has 3 saturated heterocycles. The first-order chi connectivity index (χ1) is 19.6. The molecule has 3 aliphatic rings. The van der Waals surface area contributed by atoms with Gasteiger partial charge in [-0.1, -0.05) is 11.6 Å². The number of aromatic nitrogens is 3. The lowest BCUT2D eigenvalue weighted by molar-refractivity contribution is 0.0607. The Bertz CT molecular complexity index is 1570. The number of hydrogen-bond acceptors (Lipinski definition) is 8. The number of hydrogen-bond donors (Lipinski definition) is 1. The van der Waals surface area contributed by atoms with E-state index in [9.17, 15) is 13.2 Å². The van der Waals surface area contributed by atoms with Gasteiger partial charge in [0.05, 0.1) is 29.2 Å². The van der Waals surface area contributed by atoms with Crippen LogP contribution in [0.15, 0.2) is 30.3 Å². The van der Waals surface area contributed by atoms with Gasteiger partial charge in [-0.15, -0.1) is 0 Å². The Balaban J connectivity index is 1.38. The van der Waals surface area contributed by atoms with Crippen molar-refractivity contribution < 1.29 is 13.2 Å². The molecule has 6 rings (SSSR count). The van der Waals surface area contributed by atoms with Gasteiger partial charge >= 0.3 is 0 Å². The maximum atomic E-state index is 14.0. The number of nitrogens with one attached hydrogen (secondary N) is 1. The molecule has 11 nitrogen and oxygen atoms in total. The predicted octanol–water partition coefficient (Wildman–Crippen LogP) is 3.47. The van der Waals surface area contributed by atoms with Crippen LogP contribution in [0.25, 0.3) is 5.65 Å². The van der Waals surface area contributed by atoms with E-state index >= 15 is 0 Å². The van der Waals surface area contributed by atoms with Crippen molar-refractivity contribution in [3.8, 4) is 0 Å². The van der Waals surface area contributed by atoms with Crippen LogP contribution >= 0.6 is 11.6 Å². The lowest BCUT2D eigenvalue weighted by Gasteiger charge is -2.35. The summed E-state index contributed by atoms with van der Waals surface area (Å²) in [6.07, 6.45) is 5.88. The number of likely N-dealkylation sites (tertiary alicyclic amines) is 1. The molecule has 0 aliphatic carbocycles. The van der Waals surface area contributed by atoms with Gasteiger partial charge in [-0.2, -0.15) is 9.61 Å². The fraction of sp³-hybridized carbons (Fsp3) is 0.536. The van der Waals surface area contributed by atoms with E-state index in [1.807, 2.05) is 10.6 Å². The average molecular weight is 601 g/mol. The fourth-order valence-corrected chi connectivity index (χ4v) is 6.80. The van der Waals surface area contributed by atoms with Crippen LogP contribution < -0.4 is 14.5 Å². The Morgan fingerprint density at radius 3 is 2.51 bits per heavy atom. The molecule has 220 valence electrons. The van der Waals surface area contributed by atoms with Crippen molar-refractivity contribution in [3.63, 3.8) is 0 Å². The molecule has 41 heavy (non-hydrogen) atoms. The topological polar surface area (TPSA) is 106 Å².